The molecule has 0 aliphatic carbocycles. The second-order valence-corrected chi connectivity index (χ2v) is 6.72. The molecule has 2 rings (SSSR count). The van der Waals surface area contributed by atoms with Crippen LogP contribution < -0.4 is 5.32 Å². The van der Waals surface area contributed by atoms with Crippen molar-refractivity contribution in [2.45, 2.75) is 19.1 Å². The van der Waals surface area contributed by atoms with Crippen LogP contribution >= 0.6 is 27.3 Å². The number of aliphatic carboxylic acids is 1. The summed E-state index contributed by atoms with van der Waals surface area (Å²) in [5.74, 6) is -1.27. The van der Waals surface area contributed by atoms with Gasteiger partial charge >= 0.3 is 5.97 Å². The maximum atomic E-state index is 12.5. The maximum absolute atomic E-state index is 12.5. The maximum Gasteiger partial charge on any atom is 0.305 e. The molecule has 0 saturated heterocycles. The van der Waals surface area contributed by atoms with Crippen LogP contribution in [0.2, 0.25) is 0 Å². The molecule has 0 saturated carbocycles. The number of carboxylic acid groups (broad SMARTS) is 1. The Morgan fingerprint density at radius 1 is 1.39 bits per heavy atom. The zero-order valence-electron chi connectivity index (χ0n) is 12.4. The van der Waals surface area contributed by atoms with Crippen LogP contribution in [-0.4, -0.2) is 24.1 Å². The Balaban J connectivity index is 2.22. The van der Waals surface area contributed by atoms with E-state index >= 15 is 0 Å². The summed E-state index contributed by atoms with van der Waals surface area (Å²) < 4.78 is 5.90. The summed E-state index contributed by atoms with van der Waals surface area (Å²) in [5.41, 5.74) is 1.53. The Morgan fingerprint density at radius 2 is 2.17 bits per heavy atom. The number of carboxylic acids is 1. The predicted octanol–water partition coefficient (Wildman–Crippen LogP) is 3.60. The average molecular weight is 398 g/mol. The van der Waals surface area contributed by atoms with E-state index in [0.29, 0.717) is 11.5 Å². The summed E-state index contributed by atoms with van der Waals surface area (Å²) >= 11 is 4.67. The third kappa shape index (κ3) is 4.89. The minimum Gasteiger partial charge on any atom is -0.481 e. The van der Waals surface area contributed by atoms with Gasteiger partial charge in [-0.2, -0.15) is 0 Å². The summed E-state index contributed by atoms with van der Waals surface area (Å²) in [4.78, 5) is 24.2. The molecule has 2 aromatic rings. The van der Waals surface area contributed by atoms with Gasteiger partial charge < -0.3 is 15.2 Å². The lowest BCUT2D eigenvalue weighted by Crippen LogP contribution is -2.30. The monoisotopic (exact) mass is 397 g/mol. The minimum absolute atomic E-state index is 0.187. The SMILES string of the molecule is COCc1ccsc1C(=O)NC(CC(=O)O)c1cccc(Br)c1. The van der Waals surface area contributed by atoms with Crippen molar-refractivity contribution in [3.63, 3.8) is 0 Å². The zero-order chi connectivity index (χ0) is 16.8. The van der Waals surface area contributed by atoms with Crippen molar-refractivity contribution in [3.05, 3.63) is 56.2 Å². The van der Waals surface area contributed by atoms with E-state index in [1.165, 1.54) is 11.3 Å². The molecule has 0 aliphatic rings. The molecule has 1 amide bonds. The van der Waals surface area contributed by atoms with E-state index in [0.717, 1.165) is 15.6 Å². The molecule has 1 unspecified atom stereocenters. The fourth-order valence-electron chi connectivity index (χ4n) is 2.18. The second kappa shape index (κ2) is 8.24. The molecule has 0 fully saturated rings. The fourth-order valence-corrected chi connectivity index (χ4v) is 3.41. The molecule has 5 nitrogen and oxygen atoms in total. The van der Waals surface area contributed by atoms with Crippen LogP contribution in [0, 0.1) is 0 Å². The molecule has 0 bridgehead atoms. The number of hydrogen-bond acceptors (Lipinski definition) is 4. The van der Waals surface area contributed by atoms with E-state index < -0.39 is 12.0 Å². The van der Waals surface area contributed by atoms with Gasteiger partial charge in [0.15, 0.2) is 0 Å². The van der Waals surface area contributed by atoms with E-state index in [1.807, 2.05) is 23.6 Å². The van der Waals surface area contributed by atoms with Crippen molar-refractivity contribution in [2.75, 3.05) is 7.11 Å². The number of methoxy groups -OCH3 is 1. The first-order valence-electron chi connectivity index (χ1n) is 6.84. The topological polar surface area (TPSA) is 75.6 Å². The quantitative estimate of drug-likeness (QED) is 0.747. The highest BCUT2D eigenvalue weighted by Crippen LogP contribution is 2.23. The van der Waals surface area contributed by atoms with Crippen LogP contribution in [0.4, 0.5) is 0 Å². The molecular formula is C16H16BrNO4S. The average Bonchev–Trinajstić information content (AvgIpc) is 2.95. The molecule has 1 atom stereocenters. The lowest BCUT2D eigenvalue weighted by atomic mass is 10.0. The number of ether oxygens (including phenoxy) is 1. The van der Waals surface area contributed by atoms with Crippen molar-refractivity contribution in [1.82, 2.24) is 5.32 Å². The molecule has 0 aliphatic heterocycles. The Labute approximate surface area is 146 Å². The minimum atomic E-state index is -0.974. The Hall–Kier alpha value is -1.70. The molecule has 1 aromatic heterocycles. The molecule has 0 spiro atoms. The Bertz CT molecular complexity index is 701. The molecule has 2 N–H and O–H groups in total. The number of carbonyl (C=O) groups is 2. The van der Waals surface area contributed by atoms with Gasteiger partial charge in [-0.15, -0.1) is 11.3 Å². The first-order valence-corrected chi connectivity index (χ1v) is 8.52. The summed E-state index contributed by atoms with van der Waals surface area (Å²) in [5, 5.41) is 13.7. The van der Waals surface area contributed by atoms with Gasteiger partial charge in [-0.05, 0) is 29.1 Å². The van der Waals surface area contributed by atoms with Gasteiger partial charge in [-0.1, -0.05) is 28.1 Å². The fraction of sp³-hybridized carbons (Fsp3) is 0.250. The molecular weight excluding hydrogens is 382 g/mol. The number of rotatable bonds is 7. The lowest BCUT2D eigenvalue weighted by Gasteiger charge is -2.18. The molecule has 23 heavy (non-hydrogen) atoms. The van der Waals surface area contributed by atoms with Crippen molar-refractivity contribution in [3.8, 4) is 0 Å². The highest BCUT2D eigenvalue weighted by Gasteiger charge is 2.21. The number of halogens is 1. The van der Waals surface area contributed by atoms with Crippen molar-refractivity contribution in [2.24, 2.45) is 0 Å². The summed E-state index contributed by atoms with van der Waals surface area (Å²) in [7, 11) is 1.56. The molecule has 7 heteroatoms. The Morgan fingerprint density at radius 3 is 2.83 bits per heavy atom. The number of amides is 1. The van der Waals surface area contributed by atoms with Crippen molar-refractivity contribution >= 4 is 39.1 Å². The number of hydrogen-bond donors (Lipinski definition) is 2. The first-order chi connectivity index (χ1) is 11.0. The van der Waals surface area contributed by atoms with Gasteiger partial charge in [0, 0.05) is 17.1 Å². The van der Waals surface area contributed by atoms with E-state index in [-0.39, 0.29) is 12.3 Å². The van der Waals surface area contributed by atoms with Crippen molar-refractivity contribution in [1.29, 1.82) is 0 Å². The van der Waals surface area contributed by atoms with Crippen LogP contribution in [0.25, 0.3) is 0 Å². The van der Waals surface area contributed by atoms with Gasteiger partial charge in [-0.25, -0.2) is 0 Å². The van der Waals surface area contributed by atoms with E-state index in [9.17, 15) is 9.59 Å². The van der Waals surface area contributed by atoms with Gasteiger partial charge in [0.25, 0.3) is 5.91 Å². The second-order valence-electron chi connectivity index (χ2n) is 4.89. The number of benzene rings is 1. The highest BCUT2D eigenvalue weighted by molar-refractivity contribution is 9.10. The van der Waals surface area contributed by atoms with E-state index in [4.69, 9.17) is 9.84 Å². The summed E-state index contributed by atoms with van der Waals surface area (Å²) in [6.45, 7) is 0.340. The zero-order valence-corrected chi connectivity index (χ0v) is 14.8. The lowest BCUT2D eigenvalue weighted by molar-refractivity contribution is -0.137. The van der Waals surface area contributed by atoms with Gasteiger partial charge in [-0.3, -0.25) is 9.59 Å². The predicted molar refractivity (Wildman–Crippen MR) is 91.6 cm³/mol. The Kier molecular flexibility index (Phi) is 6.32. The van der Waals surface area contributed by atoms with Crippen LogP contribution in [-0.2, 0) is 16.1 Å². The summed E-state index contributed by atoms with van der Waals surface area (Å²) in [6, 6.07) is 8.48. The van der Waals surface area contributed by atoms with Gasteiger partial charge in [0.05, 0.1) is 23.9 Å². The van der Waals surface area contributed by atoms with Crippen molar-refractivity contribution < 1.29 is 19.4 Å². The van der Waals surface area contributed by atoms with E-state index in [2.05, 4.69) is 21.2 Å². The normalized spacial score (nSPS) is 11.9. The molecule has 1 heterocycles. The first kappa shape index (κ1) is 17.7. The number of thiophene rings is 1. The van der Waals surface area contributed by atoms with Crippen LogP contribution in [0.3, 0.4) is 0 Å². The third-order valence-corrected chi connectivity index (χ3v) is 4.64. The number of nitrogens with one attached hydrogen (secondary N) is 1. The third-order valence-electron chi connectivity index (χ3n) is 3.19. The summed E-state index contributed by atoms with van der Waals surface area (Å²) in [6.07, 6.45) is -0.187. The van der Waals surface area contributed by atoms with Gasteiger partial charge in [0.1, 0.15) is 0 Å². The van der Waals surface area contributed by atoms with Crippen LogP contribution in [0.1, 0.15) is 33.3 Å². The molecule has 1 aromatic carbocycles. The smallest absolute Gasteiger partial charge is 0.305 e. The standard InChI is InChI=1S/C16H16BrNO4S/c1-22-9-11-5-6-23-15(11)16(21)18-13(8-14(19)20)10-3-2-4-12(17)7-10/h2-7,13H,8-9H2,1H3,(H,18,21)(H,19,20). The molecule has 0 radical (unpaired) electrons. The van der Waals surface area contributed by atoms with Crippen LogP contribution in [0.5, 0.6) is 0 Å². The van der Waals surface area contributed by atoms with Gasteiger partial charge in [0.2, 0.25) is 0 Å². The largest absolute Gasteiger partial charge is 0.481 e. The molecule has 122 valence electrons. The van der Waals surface area contributed by atoms with Crippen LogP contribution in [0.15, 0.2) is 40.2 Å². The number of carbonyl (C=O) groups excluding carboxylic acids is 1. The van der Waals surface area contributed by atoms with E-state index in [1.54, 1.807) is 19.2 Å². The highest BCUT2D eigenvalue weighted by atomic mass is 79.9.